The highest BCUT2D eigenvalue weighted by molar-refractivity contribution is 5.91. The molecule has 1 aliphatic carbocycles. The van der Waals surface area contributed by atoms with Crippen molar-refractivity contribution in [1.29, 1.82) is 0 Å². The number of carbonyl (C=O) groups excluding carboxylic acids is 1. The zero-order valence-corrected chi connectivity index (χ0v) is 12.4. The molecule has 6 nitrogen and oxygen atoms in total. The molecule has 3 rings (SSSR count). The van der Waals surface area contributed by atoms with Gasteiger partial charge in [-0.2, -0.15) is 0 Å². The van der Waals surface area contributed by atoms with Crippen molar-refractivity contribution in [2.75, 3.05) is 32.9 Å². The van der Waals surface area contributed by atoms with Crippen molar-refractivity contribution in [3.63, 3.8) is 0 Å². The maximum Gasteiger partial charge on any atom is 0.292 e. The lowest BCUT2D eigenvalue weighted by Crippen LogP contribution is -2.56. The highest BCUT2D eigenvalue weighted by Crippen LogP contribution is 2.41. The van der Waals surface area contributed by atoms with Gasteiger partial charge in [-0.05, 0) is 19.8 Å². The van der Waals surface area contributed by atoms with E-state index in [1.165, 1.54) is 6.20 Å². The molecule has 6 heteroatoms. The molecule has 1 spiro atoms. The van der Waals surface area contributed by atoms with Crippen LogP contribution in [0.25, 0.3) is 0 Å². The Morgan fingerprint density at radius 1 is 1.62 bits per heavy atom. The lowest BCUT2D eigenvalue weighted by atomic mass is 9.89. The van der Waals surface area contributed by atoms with Crippen LogP contribution in [-0.4, -0.2) is 54.5 Å². The van der Waals surface area contributed by atoms with Crippen LogP contribution in [0.15, 0.2) is 16.8 Å². The number of morpholine rings is 1. The highest BCUT2D eigenvalue weighted by atomic mass is 16.5. The fourth-order valence-electron chi connectivity index (χ4n) is 3.47. The molecule has 0 N–H and O–H groups in total. The molecular weight excluding hydrogens is 272 g/mol. The standard InChI is InChI=1S/C15H22N2O4/c1-2-19-10-12-4-3-6-15(12)11-17(8-9-20-15)14(18)13-5-7-16-21-13/h5,7,12H,2-4,6,8-11H2,1H3/t12-,15+/m1/s1. The van der Waals surface area contributed by atoms with Gasteiger partial charge in [0.25, 0.3) is 5.91 Å². The Morgan fingerprint density at radius 2 is 2.52 bits per heavy atom. The largest absolute Gasteiger partial charge is 0.381 e. The summed E-state index contributed by atoms with van der Waals surface area (Å²) in [6.07, 6.45) is 4.72. The fourth-order valence-corrected chi connectivity index (χ4v) is 3.47. The summed E-state index contributed by atoms with van der Waals surface area (Å²) in [5, 5.41) is 3.61. The van der Waals surface area contributed by atoms with Gasteiger partial charge in [0.2, 0.25) is 5.76 Å². The van der Waals surface area contributed by atoms with Crippen molar-refractivity contribution < 1.29 is 18.8 Å². The first-order valence-electron chi connectivity index (χ1n) is 7.67. The molecule has 21 heavy (non-hydrogen) atoms. The Bertz CT molecular complexity index is 476. The number of ether oxygens (including phenoxy) is 2. The highest BCUT2D eigenvalue weighted by Gasteiger charge is 2.48. The molecule has 116 valence electrons. The summed E-state index contributed by atoms with van der Waals surface area (Å²) >= 11 is 0. The summed E-state index contributed by atoms with van der Waals surface area (Å²) < 4.78 is 16.7. The first kappa shape index (κ1) is 14.5. The predicted octanol–water partition coefficient (Wildman–Crippen LogP) is 1.72. The van der Waals surface area contributed by atoms with Gasteiger partial charge in [0.15, 0.2) is 0 Å². The molecule has 0 radical (unpaired) electrons. The van der Waals surface area contributed by atoms with E-state index in [0.717, 1.165) is 19.3 Å². The molecule has 1 amide bonds. The average molecular weight is 294 g/mol. The minimum Gasteiger partial charge on any atom is -0.381 e. The fraction of sp³-hybridized carbons (Fsp3) is 0.733. The first-order valence-corrected chi connectivity index (χ1v) is 7.67. The summed E-state index contributed by atoms with van der Waals surface area (Å²) in [6.45, 7) is 5.21. The number of nitrogens with zero attached hydrogens (tertiary/aromatic N) is 2. The third-order valence-corrected chi connectivity index (χ3v) is 4.56. The number of hydrogen-bond donors (Lipinski definition) is 0. The van der Waals surface area contributed by atoms with E-state index in [1.807, 2.05) is 11.8 Å². The van der Waals surface area contributed by atoms with Crippen LogP contribution < -0.4 is 0 Å². The zero-order valence-electron chi connectivity index (χ0n) is 12.4. The first-order chi connectivity index (χ1) is 10.2. The Morgan fingerprint density at radius 3 is 3.29 bits per heavy atom. The van der Waals surface area contributed by atoms with Crippen molar-refractivity contribution in [3.8, 4) is 0 Å². The minimum atomic E-state index is -0.247. The maximum atomic E-state index is 12.4. The SMILES string of the molecule is CCOC[C@H]1CCC[C@]12CN(C(=O)c1ccno1)CCO2. The van der Waals surface area contributed by atoms with Gasteiger partial charge in [0, 0.05) is 25.1 Å². The van der Waals surface area contributed by atoms with Crippen LogP contribution in [0.3, 0.4) is 0 Å². The van der Waals surface area contributed by atoms with E-state index in [2.05, 4.69) is 5.16 Å². The summed E-state index contributed by atoms with van der Waals surface area (Å²) in [4.78, 5) is 14.3. The van der Waals surface area contributed by atoms with Crippen molar-refractivity contribution in [2.45, 2.75) is 31.8 Å². The van der Waals surface area contributed by atoms with E-state index in [4.69, 9.17) is 14.0 Å². The van der Waals surface area contributed by atoms with Crippen LogP contribution in [0.2, 0.25) is 0 Å². The number of hydrogen-bond acceptors (Lipinski definition) is 5. The molecule has 0 unspecified atom stereocenters. The molecule has 0 aromatic carbocycles. The van der Waals surface area contributed by atoms with Crippen molar-refractivity contribution in [1.82, 2.24) is 10.1 Å². The van der Waals surface area contributed by atoms with Crippen LogP contribution in [0, 0.1) is 5.92 Å². The van der Waals surface area contributed by atoms with E-state index < -0.39 is 0 Å². The molecule has 0 bridgehead atoms. The van der Waals surface area contributed by atoms with Gasteiger partial charge >= 0.3 is 0 Å². The van der Waals surface area contributed by atoms with Gasteiger partial charge in [0.1, 0.15) is 0 Å². The second-order valence-corrected chi connectivity index (χ2v) is 5.77. The van der Waals surface area contributed by atoms with Crippen molar-refractivity contribution >= 4 is 5.91 Å². The van der Waals surface area contributed by atoms with Crippen LogP contribution in [0.1, 0.15) is 36.7 Å². The normalized spacial score (nSPS) is 29.2. The van der Waals surface area contributed by atoms with Gasteiger partial charge in [-0.1, -0.05) is 11.6 Å². The Hall–Kier alpha value is -1.40. The third kappa shape index (κ3) is 2.82. The average Bonchev–Trinajstić information content (AvgIpc) is 3.15. The number of aromatic nitrogens is 1. The monoisotopic (exact) mass is 294 g/mol. The van der Waals surface area contributed by atoms with Gasteiger partial charge in [-0.15, -0.1) is 0 Å². The molecule has 1 saturated carbocycles. The summed E-state index contributed by atoms with van der Waals surface area (Å²) in [6, 6.07) is 1.61. The molecule has 1 aliphatic heterocycles. The molecule has 2 aliphatic rings. The van der Waals surface area contributed by atoms with Crippen LogP contribution >= 0.6 is 0 Å². The molecule has 2 fully saturated rings. The third-order valence-electron chi connectivity index (χ3n) is 4.56. The minimum absolute atomic E-state index is 0.0998. The second kappa shape index (κ2) is 6.15. The van der Waals surface area contributed by atoms with E-state index in [0.29, 0.717) is 44.6 Å². The predicted molar refractivity (Wildman–Crippen MR) is 74.9 cm³/mol. The lowest BCUT2D eigenvalue weighted by molar-refractivity contribution is -0.133. The van der Waals surface area contributed by atoms with E-state index in [9.17, 15) is 4.79 Å². The lowest BCUT2D eigenvalue weighted by Gasteiger charge is -2.43. The molecule has 2 heterocycles. The molecule has 1 aromatic heterocycles. The van der Waals surface area contributed by atoms with E-state index >= 15 is 0 Å². The Balaban J connectivity index is 1.71. The topological polar surface area (TPSA) is 64.8 Å². The van der Waals surface area contributed by atoms with E-state index in [-0.39, 0.29) is 11.5 Å². The van der Waals surface area contributed by atoms with Crippen LogP contribution in [0.4, 0.5) is 0 Å². The summed E-state index contributed by atoms with van der Waals surface area (Å²) in [5.74, 6) is 0.561. The van der Waals surface area contributed by atoms with Gasteiger partial charge in [-0.3, -0.25) is 4.79 Å². The summed E-state index contributed by atoms with van der Waals surface area (Å²) in [5.41, 5.74) is -0.247. The molecule has 1 saturated heterocycles. The second-order valence-electron chi connectivity index (χ2n) is 5.77. The number of rotatable bonds is 4. The van der Waals surface area contributed by atoms with Crippen molar-refractivity contribution in [2.24, 2.45) is 5.92 Å². The quantitative estimate of drug-likeness (QED) is 0.846. The van der Waals surface area contributed by atoms with Crippen LogP contribution in [-0.2, 0) is 9.47 Å². The molecular formula is C15H22N2O4. The van der Waals surface area contributed by atoms with Gasteiger partial charge < -0.3 is 18.9 Å². The smallest absolute Gasteiger partial charge is 0.292 e. The Labute approximate surface area is 124 Å². The maximum absolute atomic E-state index is 12.4. The van der Waals surface area contributed by atoms with Gasteiger partial charge in [0.05, 0.1) is 31.6 Å². The molecule has 2 atom stereocenters. The number of amides is 1. The molecule has 1 aromatic rings. The number of carbonyl (C=O) groups is 1. The van der Waals surface area contributed by atoms with Crippen LogP contribution in [0.5, 0.6) is 0 Å². The summed E-state index contributed by atoms with van der Waals surface area (Å²) in [7, 11) is 0. The van der Waals surface area contributed by atoms with E-state index in [1.54, 1.807) is 6.07 Å². The van der Waals surface area contributed by atoms with Crippen molar-refractivity contribution in [3.05, 3.63) is 18.0 Å². The Kier molecular flexibility index (Phi) is 4.26. The van der Waals surface area contributed by atoms with Gasteiger partial charge in [-0.25, -0.2) is 0 Å². The zero-order chi connectivity index (χ0) is 14.7.